The summed E-state index contributed by atoms with van der Waals surface area (Å²) < 4.78 is 12.6. The SMILES string of the molecule is COc1ccc([C@@H]2[C@H](C(=O)Nc3ccccc3)[C@H](C)Nc3ncnn32)cc1OC. The van der Waals surface area contributed by atoms with Crippen molar-refractivity contribution in [1.82, 2.24) is 14.8 Å². The molecule has 2 N–H and O–H groups in total. The van der Waals surface area contributed by atoms with Gasteiger partial charge in [0.25, 0.3) is 0 Å². The smallest absolute Gasteiger partial charge is 0.232 e. The van der Waals surface area contributed by atoms with Crippen LogP contribution in [0.2, 0.25) is 0 Å². The molecule has 0 bridgehead atoms. The molecule has 8 heteroatoms. The number of carbonyl (C=O) groups is 1. The molecule has 2 aromatic carbocycles. The summed E-state index contributed by atoms with van der Waals surface area (Å²) in [5.41, 5.74) is 1.64. The molecule has 0 fully saturated rings. The fraction of sp³-hybridized carbons (Fsp3) is 0.286. The van der Waals surface area contributed by atoms with Gasteiger partial charge >= 0.3 is 0 Å². The van der Waals surface area contributed by atoms with Crippen LogP contribution in [0.1, 0.15) is 18.5 Å². The predicted octanol–water partition coefficient (Wildman–Crippen LogP) is 2.95. The van der Waals surface area contributed by atoms with Gasteiger partial charge in [0.15, 0.2) is 11.5 Å². The standard InChI is InChI=1S/C21H23N5O3/c1-13-18(20(27)25-15-7-5-4-6-8-15)19(26-21(24-13)22-12-23-26)14-9-10-16(28-2)17(11-14)29-3/h4-13,18-19H,1-3H3,(H,25,27)(H,22,23,24)/t13-,18+,19+/m0/s1. The number of rotatable bonds is 5. The number of amides is 1. The Kier molecular flexibility index (Phi) is 5.07. The number of carbonyl (C=O) groups excluding carboxylic acids is 1. The van der Waals surface area contributed by atoms with Crippen molar-refractivity contribution >= 4 is 17.5 Å². The van der Waals surface area contributed by atoms with E-state index < -0.39 is 5.92 Å². The number of fused-ring (bicyclic) bond motifs is 1. The minimum atomic E-state index is -0.428. The summed E-state index contributed by atoms with van der Waals surface area (Å²) in [6.45, 7) is 1.97. The molecule has 4 rings (SSSR count). The summed E-state index contributed by atoms with van der Waals surface area (Å²) in [4.78, 5) is 17.6. The van der Waals surface area contributed by atoms with Crippen LogP contribution in [-0.2, 0) is 4.79 Å². The average molecular weight is 393 g/mol. The lowest BCUT2D eigenvalue weighted by atomic mass is 9.85. The lowest BCUT2D eigenvalue weighted by Crippen LogP contribution is -2.46. The van der Waals surface area contributed by atoms with E-state index in [0.717, 1.165) is 11.3 Å². The maximum absolute atomic E-state index is 13.3. The number of hydrogen-bond acceptors (Lipinski definition) is 6. The van der Waals surface area contributed by atoms with Crippen molar-refractivity contribution in [3.8, 4) is 11.5 Å². The number of benzene rings is 2. The molecule has 0 aliphatic carbocycles. The largest absolute Gasteiger partial charge is 0.493 e. The number of anilines is 2. The molecule has 0 saturated heterocycles. The quantitative estimate of drug-likeness (QED) is 0.693. The Bertz CT molecular complexity index is 1000. The fourth-order valence-corrected chi connectivity index (χ4v) is 3.78. The molecule has 0 unspecified atom stereocenters. The van der Waals surface area contributed by atoms with E-state index in [1.807, 2.05) is 55.5 Å². The molecule has 8 nitrogen and oxygen atoms in total. The second-order valence-electron chi connectivity index (χ2n) is 6.90. The summed E-state index contributed by atoms with van der Waals surface area (Å²) in [7, 11) is 3.18. The maximum atomic E-state index is 13.3. The first-order chi connectivity index (χ1) is 14.1. The normalized spacial score (nSPS) is 20.3. The van der Waals surface area contributed by atoms with Crippen LogP contribution in [-0.4, -0.2) is 40.9 Å². The zero-order valence-corrected chi connectivity index (χ0v) is 16.5. The summed E-state index contributed by atoms with van der Waals surface area (Å²) >= 11 is 0. The number of ether oxygens (including phenoxy) is 2. The number of nitrogens with zero attached hydrogens (tertiary/aromatic N) is 3. The number of nitrogens with one attached hydrogen (secondary N) is 2. The highest BCUT2D eigenvalue weighted by molar-refractivity contribution is 5.94. The van der Waals surface area contributed by atoms with E-state index in [1.165, 1.54) is 6.33 Å². The van der Waals surface area contributed by atoms with Gasteiger partial charge in [-0.3, -0.25) is 4.79 Å². The topological polar surface area (TPSA) is 90.3 Å². The van der Waals surface area contributed by atoms with Crippen LogP contribution in [0.3, 0.4) is 0 Å². The minimum absolute atomic E-state index is 0.0999. The van der Waals surface area contributed by atoms with E-state index in [9.17, 15) is 4.79 Å². The van der Waals surface area contributed by atoms with Crippen molar-refractivity contribution in [3.63, 3.8) is 0 Å². The summed E-state index contributed by atoms with van der Waals surface area (Å²) in [6, 6.07) is 14.6. The number of para-hydroxylation sites is 1. The van der Waals surface area contributed by atoms with Gasteiger partial charge in [0.2, 0.25) is 11.9 Å². The van der Waals surface area contributed by atoms with Gasteiger partial charge < -0.3 is 20.1 Å². The zero-order chi connectivity index (χ0) is 20.4. The Labute approximate surface area is 168 Å². The van der Waals surface area contributed by atoms with Gasteiger partial charge in [-0.2, -0.15) is 10.1 Å². The molecule has 150 valence electrons. The highest BCUT2D eigenvalue weighted by atomic mass is 16.5. The number of methoxy groups -OCH3 is 2. The first kappa shape index (κ1) is 18.8. The Morgan fingerprint density at radius 2 is 1.86 bits per heavy atom. The lowest BCUT2D eigenvalue weighted by molar-refractivity contribution is -0.121. The molecule has 0 spiro atoms. The van der Waals surface area contributed by atoms with E-state index in [2.05, 4.69) is 20.7 Å². The molecule has 0 radical (unpaired) electrons. The third kappa shape index (κ3) is 3.49. The second-order valence-corrected chi connectivity index (χ2v) is 6.90. The molecular formula is C21H23N5O3. The predicted molar refractivity (Wildman–Crippen MR) is 109 cm³/mol. The van der Waals surface area contributed by atoms with Crippen molar-refractivity contribution in [2.45, 2.75) is 19.0 Å². The molecule has 1 aliphatic heterocycles. The third-order valence-electron chi connectivity index (χ3n) is 5.17. The van der Waals surface area contributed by atoms with Crippen molar-refractivity contribution in [3.05, 3.63) is 60.4 Å². The van der Waals surface area contributed by atoms with Gasteiger partial charge in [-0.1, -0.05) is 24.3 Å². The van der Waals surface area contributed by atoms with E-state index in [0.29, 0.717) is 17.4 Å². The molecular weight excluding hydrogens is 370 g/mol. The van der Waals surface area contributed by atoms with Gasteiger partial charge in [-0.15, -0.1) is 0 Å². The fourth-order valence-electron chi connectivity index (χ4n) is 3.78. The summed E-state index contributed by atoms with van der Waals surface area (Å²) in [6.07, 6.45) is 1.49. The molecule has 3 aromatic rings. The lowest BCUT2D eigenvalue weighted by Gasteiger charge is -2.37. The van der Waals surface area contributed by atoms with E-state index in [1.54, 1.807) is 18.9 Å². The Morgan fingerprint density at radius 3 is 2.59 bits per heavy atom. The van der Waals surface area contributed by atoms with Crippen LogP contribution in [0.4, 0.5) is 11.6 Å². The van der Waals surface area contributed by atoms with E-state index in [-0.39, 0.29) is 18.0 Å². The van der Waals surface area contributed by atoms with Gasteiger partial charge in [-0.25, -0.2) is 4.68 Å². The van der Waals surface area contributed by atoms with Crippen LogP contribution >= 0.6 is 0 Å². The Balaban J connectivity index is 1.76. The van der Waals surface area contributed by atoms with Gasteiger partial charge in [-0.05, 0) is 36.8 Å². The van der Waals surface area contributed by atoms with E-state index in [4.69, 9.17) is 9.47 Å². The number of aromatic nitrogens is 3. The van der Waals surface area contributed by atoms with Gasteiger partial charge in [0.1, 0.15) is 6.33 Å². The molecule has 1 aromatic heterocycles. The highest BCUT2D eigenvalue weighted by Crippen LogP contribution is 2.39. The number of hydrogen-bond donors (Lipinski definition) is 2. The maximum Gasteiger partial charge on any atom is 0.232 e. The van der Waals surface area contributed by atoms with Crippen molar-refractivity contribution in [2.24, 2.45) is 5.92 Å². The minimum Gasteiger partial charge on any atom is -0.493 e. The monoisotopic (exact) mass is 393 g/mol. The zero-order valence-electron chi connectivity index (χ0n) is 16.5. The highest BCUT2D eigenvalue weighted by Gasteiger charge is 2.41. The third-order valence-corrected chi connectivity index (χ3v) is 5.17. The molecule has 1 amide bonds. The van der Waals surface area contributed by atoms with Crippen LogP contribution in [0, 0.1) is 5.92 Å². The first-order valence-corrected chi connectivity index (χ1v) is 9.36. The molecule has 1 aliphatic rings. The van der Waals surface area contributed by atoms with Gasteiger partial charge in [0.05, 0.1) is 26.2 Å². The molecule has 3 atom stereocenters. The molecule has 2 heterocycles. The molecule has 29 heavy (non-hydrogen) atoms. The Morgan fingerprint density at radius 1 is 1.10 bits per heavy atom. The van der Waals surface area contributed by atoms with Crippen LogP contribution in [0.15, 0.2) is 54.9 Å². The van der Waals surface area contributed by atoms with Crippen molar-refractivity contribution in [2.75, 3.05) is 24.9 Å². The van der Waals surface area contributed by atoms with Crippen LogP contribution in [0.25, 0.3) is 0 Å². The van der Waals surface area contributed by atoms with Crippen LogP contribution in [0.5, 0.6) is 11.5 Å². The summed E-state index contributed by atoms with van der Waals surface area (Å²) in [5.74, 6) is 1.32. The van der Waals surface area contributed by atoms with Crippen LogP contribution < -0.4 is 20.1 Å². The Hall–Kier alpha value is -3.55. The van der Waals surface area contributed by atoms with Crippen molar-refractivity contribution < 1.29 is 14.3 Å². The average Bonchev–Trinajstić information content (AvgIpc) is 3.20. The van der Waals surface area contributed by atoms with E-state index >= 15 is 0 Å². The first-order valence-electron chi connectivity index (χ1n) is 9.36. The van der Waals surface area contributed by atoms with Crippen molar-refractivity contribution in [1.29, 1.82) is 0 Å². The second kappa shape index (κ2) is 7.83. The summed E-state index contributed by atoms with van der Waals surface area (Å²) in [5, 5.41) is 10.7. The van der Waals surface area contributed by atoms with Gasteiger partial charge in [0, 0.05) is 11.7 Å². The molecule has 0 saturated carbocycles.